The number of carbonyl (C=O) groups is 1. The maximum absolute atomic E-state index is 12.8. The summed E-state index contributed by atoms with van der Waals surface area (Å²) < 4.78 is 2.15. The summed E-state index contributed by atoms with van der Waals surface area (Å²) in [6, 6.07) is 21.6. The fourth-order valence-corrected chi connectivity index (χ4v) is 5.22. The first-order valence-electron chi connectivity index (χ1n) is 12.0. The highest BCUT2D eigenvalue weighted by atomic mass is 16.1. The van der Waals surface area contributed by atoms with Crippen LogP contribution in [0.1, 0.15) is 58.1 Å². The van der Waals surface area contributed by atoms with E-state index in [0.29, 0.717) is 22.5 Å². The molecule has 6 heteroatoms. The molecule has 1 aliphatic rings. The fraction of sp³-hybridized carbons (Fsp3) is 0.200. The number of pyridine rings is 1. The highest BCUT2D eigenvalue weighted by molar-refractivity contribution is 6.03. The summed E-state index contributed by atoms with van der Waals surface area (Å²) in [5, 5.41) is 22.9. The Bertz CT molecular complexity index is 1600. The van der Waals surface area contributed by atoms with Crippen LogP contribution in [0.2, 0.25) is 0 Å². The Kier molecular flexibility index (Phi) is 6.10. The van der Waals surface area contributed by atoms with Gasteiger partial charge in [-0.15, -0.1) is 0 Å². The number of fused-ring (bicyclic) bond motifs is 2. The Balaban J connectivity index is 1.63. The van der Waals surface area contributed by atoms with E-state index in [2.05, 4.69) is 46.3 Å². The molecule has 1 N–H and O–H groups in total. The molecule has 0 fully saturated rings. The number of hydrogen-bond donors (Lipinski definition) is 1. The van der Waals surface area contributed by atoms with Crippen LogP contribution in [0.5, 0.6) is 0 Å². The highest BCUT2D eigenvalue weighted by Gasteiger charge is 2.28. The number of nitrogens with one attached hydrogen (secondary N) is 1. The minimum atomic E-state index is -0.315. The second kappa shape index (κ2) is 9.52. The smallest absolute Gasteiger partial charge is 0.248 e. The van der Waals surface area contributed by atoms with Crippen LogP contribution < -0.4 is 5.32 Å². The lowest BCUT2D eigenvalue weighted by atomic mass is 9.87. The molecule has 0 aliphatic heterocycles. The minimum absolute atomic E-state index is 0.0227. The summed E-state index contributed by atoms with van der Waals surface area (Å²) in [6.45, 7) is 3.97. The molecule has 2 aromatic heterocycles. The predicted octanol–water partition coefficient (Wildman–Crippen LogP) is 5.97. The van der Waals surface area contributed by atoms with Gasteiger partial charge in [0.1, 0.15) is 11.7 Å². The van der Waals surface area contributed by atoms with Gasteiger partial charge in [-0.25, -0.2) is 4.98 Å². The number of hydrogen-bond acceptors (Lipinski definition) is 4. The third-order valence-corrected chi connectivity index (χ3v) is 6.75. The lowest BCUT2D eigenvalue weighted by Crippen LogP contribution is -2.19. The van der Waals surface area contributed by atoms with E-state index in [0.717, 1.165) is 41.6 Å². The minimum Gasteiger partial charge on any atom is -0.323 e. The first-order valence-corrected chi connectivity index (χ1v) is 12.0. The van der Waals surface area contributed by atoms with Gasteiger partial charge in [0.05, 0.1) is 28.9 Å². The molecule has 6 nitrogen and oxygen atoms in total. The average Bonchev–Trinajstić information content (AvgIpc) is 3.20. The van der Waals surface area contributed by atoms with E-state index < -0.39 is 0 Å². The number of rotatable bonds is 4. The van der Waals surface area contributed by atoms with Gasteiger partial charge in [0.2, 0.25) is 5.91 Å². The first-order chi connectivity index (χ1) is 17.5. The van der Waals surface area contributed by atoms with E-state index in [9.17, 15) is 10.1 Å². The van der Waals surface area contributed by atoms with Gasteiger partial charge in [-0.2, -0.15) is 10.5 Å². The van der Waals surface area contributed by atoms with Gasteiger partial charge in [-0.1, -0.05) is 24.3 Å². The van der Waals surface area contributed by atoms with Crippen molar-refractivity contribution < 1.29 is 4.79 Å². The molecule has 0 unspecified atom stereocenters. The second-order valence-corrected chi connectivity index (χ2v) is 9.14. The molecule has 0 saturated heterocycles. The molecule has 0 radical (unpaired) electrons. The fourth-order valence-electron chi connectivity index (χ4n) is 5.22. The Hall–Kier alpha value is -4.68. The second-order valence-electron chi connectivity index (χ2n) is 9.14. The van der Waals surface area contributed by atoms with E-state index in [4.69, 9.17) is 10.2 Å². The van der Waals surface area contributed by atoms with Crippen molar-refractivity contribution in [1.29, 1.82) is 10.5 Å². The van der Waals surface area contributed by atoms with E-state index in [-0.39, 0.29) is 11.9 Å². The monoisotopic (exact) mass is 471 g/mol. The molecule has 4 aromatic rings. The molecule has 5 rings (SSSR count). The third-order valence-electron chi connectivity index (χ3n) is 6.75. The molecule has 176 valence electrons. The van der Waals surface area contributed by atoms with Crippen molar-refractivity contribution >= 4 is 28.7 Å². The van der Waals surface area contributed by atoms with E-state index >= 15 is 0 Å². The van der Waals surface area contributed by atoms with Crippen LogP contribution >= 0.6 is 0 Å². The van der Waals surface area contributed by atoms with Gasteiger partial charge in [0.15, 0.2) is 0 Å². The van der Waals surface area contributed by atoms with Crippen molar-refractivity contribution in [2.75, 3.05) is 5.32 Å². The van der Waals surface area contributed by atoms with E-state index in [1.165, 1.54) is 17.2 Å². The van der Waals surface area contributed by atoms with Gasteiger partial charge in [-0.3, -0.25) is 4.79 Å². The normalized spacial score (nSPS) is 14.8. The van der Waals surface area contributed by atoms with Crippen molar-refractivity contribution in [3.05, 3.63) is 99.9 Å². The Morgan fingerprint density at radius 1 is 1.11 bits per heavy atom. The standard InChI is InChI=1S/C30H25N5O/c1-19-16-20(2)33-30-29(19)25(18-32)27(14-15-28(36)34-23-12-10-21(17-31)11-13-23)35(30)26-9-5-7-22-6-3-4-8-24(22)26/h3-4,6,8,10-16,26H,5,7,9H2,1-2H3,(H,34,36)/b15-14+/t26-/m0/s1. The number of carbonyl (C=O) groups excluding carboxylic acids is 1. The maximum atomic E-state index is 12.8. The lowest BCUT2D eigenvalue weighted by Gasteiger charge is -2.28. The molecule has 0 bridgehead atoms. The van der Waals surface area contributed by atoms with Crippen molar-refractivity contribution in [2.24, 2.45) is 0 Å². The number of benzene rings is 2. The summed E-state index contributed by atoms with van der Waals surface area (Å²) >= 11 is 0. The molecule has 0 saturated carbocycles. The van der Waals surface area contributed by atoms with Crippen molar-refractivity contribution in [2.45, 2.75) is 39.2 Å². The first kappa shape index (κ1) is 23.1. The number of nitrogens with zero attached hydrogens (tertiary/aromatic N) is 4. The highest BCUT2D eigenvalue weighted by Crippen LogP contribution is 2.39. The van der Waals surface area contributed by atoms with Gasteiger partial charge >= 0.3 is 0 Å². The van der Waals surface area contributed by atoms with Gasteiger partial charge < -0.3 is 9.88 Å². The molecule has 0 spiro atoms. The predicted molar refractivity (Wildman–Crippen MR) is 140 cm³/mol. The van der Waals surface area contributed by atoms with E-state index in [1.807, 2.05) is 19.9 Å². The summed E-state index contributed by atoms with van der Waals surface area (Å²) in [4.78, 5) is 17.7. The number of anilines is 1. The Morgan fingerprint density at radius 3 is 2.64 bits per heavy atom. The zero-order chi connectivity index (χ0) is 25.2. The molecule has 36 heavy (non-hydrogen) atoms. The molecule has 1 atom stereocenters. The van der Waals surface area contributed by atoms with Crippen LogP contribution in [0.3, 0.4) is 0 Å². The SMILES string of the molecule is Cc1cc(C)c2c(C#N)c(/C=C/C(=O)Nc3ccc(C#N)cc3)n([C@H]3CCCc4ccccc43)c2n1. The van der Waals surface area contributed by atoms with Gasteiger partial charge in [0.25, 0.3) is 0 Å². The molecule has 1 aliphatic carbocycles. The average molecular weight is 472 g/mol. The van der Waals surface area contributed by atoms with Crippen LogP contribution in [0.15, 0.2) is 60.7 Å². The van der Waals surface area contributed by atoms with Gasteiger partial charge in [-0.05, 0) is 86.2 Å². The summed E-state index contributed by atoms with van der Waals surface area (Å²) in [5.74, 6) is -0.315. The van der Waals surface area contributed by atoms with Crippen molar-refractivity contribution in [3.8, 4) is 12.1 Å². The van der Waals surface area contributed by atoms with Crippen molar-refractivity contribution in [1.82, 2.24) is 9.55 Å². The zero-order valence-electron chi connectivity index (χ0n) is 20.2. The number of nitriles is 2. The maximum Gasteiger partial charge on any atom is 0.248 e. The number of aromatic nitrogens is 2. The number of amides is 1. The molecule has 2 heterocycles. The summed E-state index contributed by atoms with van der Waals surface area (Å²) in [5.41, 5.74) is 7.55. The van der Waals surface area contributed by atoms with Crippen LogP contribution in [-0.4, -0.2) is 15.5 Å². The van der Waals surface area contributed by atoms with Crippen molar-refractivity contribution in [3.63, 3.8) is 0 Å². The number of aryl methyl sites for hydroxylation is 3. The Labute approximate surface area is 210 Å². The topological polar surface area (TPSA) is 94.5 Å². The zero-order valence-corrected chi connectivity index (χ0v) is 20.2. The quantitative estimate of drug-likeness (QED) is 0.371. The largest absolute Gasteiger partial charge is 0.323 e. The molecular weight excluding hydrogens is 446 g/mol. The molecule has 2 aromatic carbocycles. The third kappa shape index (κ3) is 4.15. The van der Waals surface area contributed by atoms with Crippen LogP contribution in [0.4, 0.5) is 5.69 Å². The van der Waals surface area contributed by atoms with E-state index in [1.54, 1.807) is 30.3 Å². The summed E-state index contributed by atoms with van der Waals surface area (Å²) in [7, 11) is 0. The summed E-state index contributed by atoms with van der Waals surface area (Å²) in [6.07, 6.45) is 6.18. The lowest BCUT2D eigenvalue weighted by molar-refractivity contribution is -0.111. The Morgan fingerprint density at radius 2 is 1.89 bits per heavy atom. The molecule has 1 amide bonds. The molecular formula is C30H25N5O. The van der Waals surface area contributed by atoms with Crippen LogP contribution in [0, 0.1) is 36.5 Å². The van der Waals surface area contributed by atoms with Crippen LogP contribution in [0.25, 0.3) is 17.1 Å². The van der Waals surface area contributed by atoms with Crippen LogP contribution in [-0.2, 0) is 11.2 Å². The van der Waals surface area contributed by atoms with Gasteiger partial charge in [0, 0.05) is 22.8 Å².